The number of hydrogen-bond acceptors (Lipinski definition) is 4. The molecule has 1 aromatic rings. The van der Waals surface area contributed by atoms with Crippen LogP contribution in [0.1, 0.15) is 17.8 Å². The number of methoxy groups -OCH3 is 2. The van der Waals surface area contributed by atoms with Crippen LogP contribution in [0.5, 0.6) is 0 Å². The van der Waals surface area contributed by atoms with E-state index in [1.54, 1.807) is 25.6 Å². The van der Waals surface area contributed by atoms with Crippen molar-refractivity contribution < 1.29 is 9.47 Å². The van der Waals surface area contributed by atoms with Gasteiger partial charge in [0.25, 0.3) is 0 Å². The molecule has 0 saturated heterocycles. The standard InChI is InChI=1S/C11H18ClNO2S/c1-8(10-4-5-11(12)16-10)13-6-9(15-3)7-14-2/h4-5,8-9,13H,6-7H2,1-3H3. The first kappa shape index (κ1) is 13.9. The fourth-order valence-corrected chi connectivity index (χ4v) is 2.45. The Morgan fingerprint density at radius 2 is 2.19 bits per heavy atom. The van der Waals surface area contributed by atoms with Gasteiger partial charge in [-0.25, -0.2) is 0 Å². The van der Waals surface area contributed by atoms with Gasteiger partial charge in [0.2, 0.25) is 0 Å². The molecule has 0 aromatic carbocycles. The highest BCUT2D eigenvalue weighted by Gasteiger charge is 2.11. The van der Waals surface area contributed by atoms with Gasteiger partial charge in [-0.3, -0.25) is 0 Å². The van der Waals surface area contributed by atoms with Crippen LogP contribution in [-0.4, -0.2) is 33.5 Å². The largest absolute Gasteiger partial charge is 0.382 e. The van der Waals surface area contributed by atoms with Crippen molar-refractivity contribution in [1.82, 2.24) is 5.32 Å². The van der Waals surface area contributed by atoms with E-state index in [0.29, 0.717) is 6.61 Å². The Balaban J connectivity index is 2.36. The summed E-state index contributed by atoms with van der Waals surface area (Å²) in [5.41, 5.74) is 0. The molecule has 1 N–H and O–H groups in total. The Labute approximate surface area is 106 Å². The molecule has 3 nitrogen and oxygen atoms in total. The van der Waals surface area contributed by atoms with Crippen LogP contribution in [-0.2, 0) is 9.47 Å². The molecular weight excluding hydrogens is 246 g/mol. The number of ether oxygens (including phenoxy) is 2. The Hall–Kier alpha value is -0.130. The van der Waals surface area contributed by atoms with Crippen molar-refractivity contribution in [2.24, 2.45) is 0 Å². The fraction of sp³-hybridized carbons (Fsp3) is 0.636. The maximum absolute atomic E-state index is 5.89. The van der Waals surface area contributed by atoms with Crippen LogP contribution in [0, 0.1) is 0 Å². The molecule has 2 atom stereocenters. The van der Waals surface area contributed by atoms with Crippen LogP contribution in [0.15, 0.2) is 12.1 Å². The maximum Gasteiger partial charge on any atom is 0.0931 e. The highest BCUT2D eigenvalue weighted by Crippen LogP contribution is 2.26. The van der Waals surface area contributed by atoms with Crippen LogP contribution in [0.4, 0.5) is 0 Å². The average molecular weight is 264 g/mol. The van der Waals surface area contributed by atoms with Crippen LogP contribution >= 0.6 is 22.9 Å². The zero-order chi connectivity index (χ0) is 12.0. The summed E-state index contributed by atoms with van der Waals surface area (Å²) < 4.78 is 11.1. The molecule has 0 saturated carbocycles. The summed E-state index contributed by atoms with van der Waals surface area (Å²) in [6, 6.07) is 4.25. The predicted molar refractivity (Wildman–Crippen MR) is 68.4 cm³/mol. The van der Waals surface area contributed by atoms with Gasteiger partial charge in [0, 0.05) is 31.7 Å². The first-order chi connectivity index (χ1) is 7.67. The summed E-state index contributed by atoms with van der Waals surface area (Å²) in [4.78, 5) is 1.23. The highest BCUT2D eigenvalue weighted by atomic mass is 35.5. The van der Waals surface area contributed by atoms with E-state index >= 15 is 0 Å². The Morgan fingerprint density at radius 3 is 2.69 bits per heavy atom. The minimum Gasteiger partial charge on any atom is -0.382 e. The first-order valence-corrected chi connectivity index (χ1v) is 6.37. The van der Waals surface area contributed by atoms with E-state index in [1.165, 1.54) is 4.88 Å². The van der Waals surface area contributed by atoms with Gasteiger partial charge in [-0.15, -0.1) is 11.3 Å². The summed E-state index contributed by atoms with van der Waals surface area (Å²) in [5.74, 6) is 0. The molecule has 0 aliphatic carbocycles. The third-order valence-electron chi connectivity index (χ3n) is 2.36. The van der Waals surface area contributed by atoms with Crippen molar-refractivity contribution in [1.29, 1.82) is 0 Å². The minimum absolute atomic E-state index is 0.0860. The molecule has 1 rings (SSSR count). The molecule has 0 aliphatic heterocycles. The average Bonchev–Trinajstić information content (AvgIpc) is 2.70. The van der Waals surface area contributed by atoms with E-state index < -0.39 is 0 Å². The van der Waals surface area contributed by atoms with Crippen LogP contribution < -0.4 is 5.32 Å². The van der Waals surface area contributed by atoms with Crippen LogP contribution in [0.2, 0.25) is 4.34 Å². The van der Waals surface area contributed by atoms with Gasteiger partial charge in [0.15, 0.2) is 0 Å². The number of rotatable bonds is 7. The zero-order valence-corrected chi connectivity index (χ0v) is 11.4. The molecule has 16 heavy (non-hydrogen) atoms. The van der Waals surface area contributed by atoms with Crippen molar-refractivity contribution >= 4 is 22.9 Å². The fourth-order valence-electron chi connectivity index (χ4n) is 1.37. The van der Waals surface area contributed by atoms with Crippen molar-refractivity contribution in [2.45, 2.75) is 19.1 Å². The number of thiophene rings is 1. The van der Waals surface area contributed by atoms with E-state index in [1.807, 2.05) is 12.1 Å². The van der Waals surface area contributed by atoms with Gasteiger partial charge in [-0.1, -0.05) is 11.6 Å². The molecule has 0 spiro atoms. The SMILES string of the molecule is COCC(CNC(C)c1ccc(Cl)s1)OC. The smallest absolute Gasteiger partial charge is 0.0931 e. The highest BCUT2D eigenvalue weighted by molar-refractivity contribution is 7.16. The number of nitrogens with one attached hydrogen (secondary N) is 1. The van der Waals surface area contributed by atoms with Gasteiger partial charge >= 0.3 is 0 Å². The van der Waals surface area contributed by atoms with Gasteiger partial charge < -0.3 is 14.8 Å². The van der Waals surface area contributed by atoms with Gasteiger partial charge in [0.05, 0.1) is 17.0 Å². The van der Waals surface area contributed by atoms with Gasteiger partial charge in [0.1, 0.15) is 0 Å². The first-order valence-electron chi connectivity index (χ1n) is 5.17. The van der Waals surface area contributed by atoms with Crippen molar-refractivity contribution in [3.05, 3.63) is 21.3 Å². The quantitative estimate of drug-likeness (QED) is 0.821. The maximum atomic E-state index is 5.89. The number of hydrogen-bond donors (Lipinski definition) is 1. The van der Waals surface area contributed by atoms with E-state index in [0.717, 1.165) is 10.9 Å². The van der Waals surface area contributed by atoms with Crippen molar-refractivity contribution in [2.75, 3.05) is 27.4 Å². The molecule has 2 unspecified atom stereocenters. The van der Waals surface area contributed by atoms with E-state index in [-0.39, 0.29) is 12.1 Å². The van der Waals surface area contributed by atoms with Gasteiger partial charge in [-0.2, -0.15) is 0 Å². The lowest BCUT2D eigenvalue weighted by atomic mass is 10.2. The monoisotopic (exact) mass is 263 g/mol. The third-order valence-corrected chi connectivity index (χ3v) is 3.77. The second-order valence-corrected chi connectivity index (χ2v) is 5.33. The molecular formula is C11H18ClNO2S. The second kappa shape index (κ2) is 7.25. The normalized spacial score (nSPS) is 15.0. The van der Waals surface area contributed by atoms with Crippen molar-refractivity contribution in [3.63, 3.8) is 0 Å². The third kappa shape index (κ3) is 4.39. The molecule has 0 fully saturated rings. The summed E-state index contributed by atoms with van der Waals surface area (Å²) in [7, 11) is 3.37. The van der Waals surface area contributed by atoms with Gasteiger partial charge in [-0.05, 0) is 19.1 Å². The molecule has 1 aromatic heterocycles. The predicted octanol–water partition coefficient (Wildman–Crippen LogP) is 2.71. The lowest BCUT2D eigenvalue weighted by Crippen LogP contribution is -2.33. The topological polar surface area (TPSA) is 30.5 Å². The summed E-state index contributed by atoms with van der Waals surface area (Å²) in [6.45, 7) is 3.48. The second-order valence-electron chi connectivity index (χ2n) is 3.58. The number of halogens is 1. The van der Waals surface area contributed by atoms with Crippen molar-refractivity contribution in [3.8, 4) is 0 Å². The zero-order valence-electron chi connectivity index (χ0n) is 9.83. The summed E-state index contributed by atoms with van der Waals surface area (Å²) in [5, 5.41) is 3.39. The Morgan fingerprint density at radius 1 is 1.44 bits per heavy atom. The molecule has 1 heterocycles. The Kier molecular flexibility index (Phi) is 6.31. The van der Waals surface area contributed by atoms with Crippen LogP contribution in [0.25, 0.3) is 0 Å². The van der Waals surface area contributed by atoms with E-state index in [2.05, 4.69) is 12.2 Å². The van der Waals surface area contributed by atoms with E-state index in [9.17, 15) is 0 Å². The van der Waals surface area contributed by atoms with E-state index in [4.69, 9.17) is 21.1 Å². The molecule has 92 valence electrons. The molecule has 0 bridgehead atoms. The summed E-state index contributed by atoms with van der Waals surface area (Å²) >= 11 is 7.49. The molecule has 5 heteroatoms. The molecule has 0 radical (unpaired) electrons. The molecule has 0 amide bonds. The lowest BCUT2D eigenvalue weighted by molar-refractivity contribution is 0.0277. The summed E-state index contributed by atoms with van der Waals surface area (Å²) in [6.07, 6.45) is 0.0860. The Bertz CT molecular complexity index is 306. The molecule has 0 aliphatic rings. The van der Waals surface area contributed by atoms with Crippen LogP contribution in [0.3, 0.4) is 0 Å². The minimum atomic E-state index is 0.0860. The lowest BCUT2D eigenvalue weighted by Gasteiger charge is -2.18.